The van der Waals surface area contributed by atoms with E-state index >= 15 is 0 Å². The summed E-state index contributed by atoms with van der Waals surface area (Å²) in [7, 11) is 0. The molecular weight excluding hydrogens is 156 g/mol. The Bertz CT molecular complexity index is 268. The second-order valence-electron chi connectivity index (χ2n) is 2.87. The highest BCUT2D eigenvalue weighted by atomic mass is 16.3. The molecule has 1 aromatic rings. The van der Waals surface area contributed by atoms with Crippen LogP contribution in [0.1, 0.15) is 12.5 Å². The Balaban J connectivity index is 2.90. The topological polar surface area (TPSA) is 60.7 Å². The molecule has 0 fully saturated rings. The largest absolute Gasteiger partial charge is 0.508 e. The van der Waals surface area contributed by atoms with Crippen LogP contribution >= 0.6 is 0 Å². The summed E-state index contributed by atoms with van der Waals surface area (Å²) in [5.41, 5.74) is 0.560. The summed E-state index contributed by atoms with van der Waals surface area (Å²) in [5, 5.41) is 27.3. The minimum atomic E-state index is -0.516. The third-order valence-corrected chi connectivity index (χ3v) is 1.58. The van der Waals surface area contributed by atoms with Gasteiger partial charge in [-0.15, -0.1) is 0 Å². The van der Waals surface area contributed by atoms with Crippen LogP contribution in [-0.4, -0.2) is 21.4 Å². The zero-order valence-corrected chi connectivity index (χ0v) is 6.86. The highest BCUT2D eigenvalue weighted by molar-refractivity contribution is 5.38. The van der Waals surface area contributed by atoms with E-state index in [1.54, 1.807) is 6.92 Å². The Kier molecular flexibility index (Phi) is 2.55. The first-order valence-electron chi connectivity index (χ1n) is 3.78. The van der Waals surface area contributed by atoms with Gasteiger partial charge in [-0.05, 0) is 25.1 Å². The van der Waals surface area contributed by atoms with Gasteiger partial charge in [-0.1, -0.05) is 0 Å². The fraction of sp³-hybridized carbons (Fsp3) is 0.333. The number of phenols is 2. The molecule has 0 aliphatic rings. The Morgan fingerprint density at radius 2 is 2.00 bits per heavy atom. The van der Waals surface area contributed by atoms with E-state index in [9.17, 15) is 5.11 Å². The third-order valence-electron chi connectivity index (χ3n) is 1.58. The molecule has 12 heavy (non-hydrogen) atoms. The molecular formula is C9H12O3. The van der Waals surface area contributed by atoms with E-state index in [0.29, 0.717) is 12.0 Å². The molecule has 0 saturated carbocycles. The molecule has 3 N–H and O–H groups in total. The Labute approximate surface area is 70.9 Å². The molecule has 0 aliphatic heterocycles. The number of phenolic OH excluding ortho intramolecular Hbond substituents is 2. The molecule has 1 aromatic carbocycles. The van der Waals surface area contributed by atoms with E-state index in [1.165, 1.54) is 18.2 Å². The molecule has 0 saturated heterocycles. The van der Waals surface area contributed by atoms with Crippen molar-refractivity contribution in [2.24, 2.45) is 0 Å². The molecule has 1 atom stereocenters. The molecule has 0 radical (unpaired) electrons. The Hall–Kier alpha value is -1.22. The van der Waals surface area contributed by atoms with Crippen molar-refractivity contribution in [3.63, 3.8) is 0 Å². The molecule has 1 rings (SSSR count). The van der Waals surface area contributed by atoms with Crippen molar-refractivity contribution in [1.82, 2.24) is 0 Å². The fourth-order valence-corrected chi connectivity index (χ4v) is 1.05. The molecule has 0 bridgehead atoms. The normalized spacial score (nSPS) is 12.8. The molecule has 3 nitrogen and oxygen atoms in total. The molecule has 0 aliphatic carbocycles. The van der Waals surface area contributed by atoms with Crippen molar-refractivity contribution in [3.8, 4) is 11.5 Å². The van der Waals surface area contributed by atoms with Crippen LogP contribution in [0.5, 0.6) is 11.5 Å². The number of aromatic hydroxyl groups is 2. The summed E-state index contributed by atoms with van der Waals surface area (Å²) in [6.45, 7) is 1.63. The number of aliphatic hydroxyl groups excluding tert-OH is 1. The van der Waals surface area contributed by atoms with Gasteiger partial charge in [0.2, 0.25) is 0 Å². The van der Waals surface area contributed by atoms with Crippen LogP contribution in [0, 0.1) is 0 Å². The Morgan fingerprint density at radius 1 is 1.33 bits per heavy atom. The van der Waals surface area contributed by atoms with Crippen molar-refractivity contribution >= 4 is 0 Å². The summed E-state index contributed by atoms with van der Waals surface area (Å²) in [5.74, 6) is 0.206. The molecule has 0 spiro atoms. The van der Waals surface area contributed by atoms with E-state index in [-0.39, 0.29) is 11.5 Å². The van der Waals surface area contributed by atoms with Crippen LogP contribution in [0.15, 0.2) is 18.2 Å². The first kappa shape index (κ1) is 8.87. The number of hydrogen-bond donors (Lipinski definition) is 3. The molecule has 0 heterocycles. The summed E-state index contributed by atoms with van der Waals surface area (Å²) in [6.07, 6.45) is -0.169. The number of hydrogen-bond acceptors (Lipinski definition) is 3. The Morgan fingerprint density at radius 3 is 2.58 bits per heavy atom. The summed E-state index contributed by atoms with van der Waals surface area (Å²) >= 11 is 0. The maximum Gasteiger partial charge on any atom is 0.119 e. The molecule has 0 aromatic heterocycles. The second-order valence-corrected chi connectivity index (χ2v) is 2.87. The zero-order valence-electron chi connectivity index (χ0n) is 6.86. The van der Waals surface area contributed by atoms with Gasteiger partial charge in [0.05, 0.1) is 6.10 Å². The quantitative estimate of drug-likeness (QED) is 0.578. The van der Waals surface area contributed by atoms with Crippen LogP contribution < -0.4 is 0 Å². The summed E-state index contributed by atoms with van der Waals surface area (Å²) in [4.78, 5) is 0. The standard InChI is InChI=1S/C9H12O3/c1-6(10)4-7-5-8(11)2-3-9(7)12/h2-3,5-6,10-12H,4H2,1H3/t6-/m1/s1. The molecule has 66 valence electrons. The van der Waals surface area contributed by atoms with Crippen molar-refractivity contribution in [1.29, 1.82) is 0 Å². The monoisotopic (exact) mass is 168 g/mol. The van der Waals surface area contributed by atoms with Gasteiger partial charge >= 0.3 is 0 Å². The van der Waals surface area contributed by atoms with Crippen LogP contribution in [-0.2, 0) is 6.42 Å². The van der Waals surface area contributed by atoms with Gasteiger partial charge in [-0.3, -0.25) is 0 Å². The predicted molar refractivity (Wildman–Crippen MR) is 45.2 cm³/mol. The van der Waals surface area contributed by atoms with E-state index in [2.05, 4.69) is 0 Å². The molecule has 3 heteroatoms. The fourth-order valence-electron chi connectivity index (χ4n) is 1.05. The average Bonchev–Trinajstić information content (AvgIpc) is 1.96. The van der Waals surface area contributed by atoms with Crippen LogP contribution in [0.25, 0.3) is 0 Å². The number of benzene rings is 1. The minimum Gasteiger partial charge on any atom is -0.508 e. The third kappa shape index (κ3) is 2.13. The van der Waals surface area contributed by atoms with Gasteiger partial charge in [0.25, 0.3) is 0 Å². The molecule has 0 unspecified atom stereocenters. The van der Waals surface area contributed by atoms with E-state index in [0.717, 1.165) is 0 Å². The lowest BCUT2D eigenvalue weighted by atomic mass is 10.1. The first-order chi connectivity index (χ1) is 5.59. The highest BCUT2D eigenvalue weighted by Crippen LogP contribution is 2.22. The predicted octanol–water partition coefficient (Wildman–Crippen LogP) is 1.02. The smallest absolute Gasteiger partial charge is 0.119 e. The van der Waals surface area contributed by atoms with Gasteiger partial charge < -0.3 is 15.3 Å². The summed E-state index contributed by atoms with van der Waals surface area (Å²) < 4.78 is 0. The highest BCUT2D eigenvalue weighted by Gasteiger charge is 2.05. The van der Waals surface area contributed by atoms with Crippen molar-refractivity contribution < 1.29 is 15.3 Å². The van der Waals surface area contributed by atoms with Crippen molar-refractivity contribution in [2.75, 3.05) is 0 Å². The average molecular weight is 168 g/mol. The van der Waals surface area contributed by atoms with E-state index in [1.807, 2.05) is 0 Å². The number of aliphatic hydroxyl groups is 1. The number of rotatable bonds is 2. The maximum absolute atomic E-state index is 9.26. The van der Waals surface area contributed by atoms with Gasteiger partial charge in [-0.25, -0.2) is 0 Å². The van der Waals surface area contributed by atoms with Crippen LogP contribution in [0.3, 0.4) is 0 Å². The van der Waals surface area contributed by atoms with Gasteiger partial charge in [0.1, 0.15) is 11.5 Å². The van der Waals surface area contributed by atoms with Gasteiger partial charge in [-0.2, -0.15) is 0 Å². The first-order valence-corrected chi connectivity index (χ1v) is 3.78. The van der Waals surface area contributed by atoms with Gasteiger partial charge in [0.15, 0.2) is 0 Å². The van der Waals surface area contributed by atoms with Crippen molar-refractivity contribution in [2.45, 2.75) is 19.4 Å². The summed E-state index contributed by atoms with van der Waals surface area (Å²) in [6, 6.07) is 4.26. The van der Waals surface area contributed by atoms with Crippen molar-refractivity contribution in [3.05, 3.63) is 23.8 Å². The zero-order chi connectivity index (χ0) is 9.14. The lowest BCUT2D eigenvalue weighted by Gasteiger charge is -2.06. The van der Waals surface area contributed by atoms with Crippen LogP contribution in [0.4, 0.5) is 0 Å². The SMILES string of the molecule is C[C@@H](O)Cc1cc(O)ccc1O. The maximum atomic E-state index is 9.26. The van der Waals surface area contributed by atoms with E-state index in [4.69, 9.17) is 10.2 Å². The van der Waals surface area contributed by atoms with Gasteiger partial charge in [0, 0.05) is 12.0 Å². The minimum absolute atomic E-state index is 0.100. The van der Waals surface area contributed by atoms with Crippen LogP contribution in [0.2, 0.25) is 0 Å². The molecule has 0 amide bonds. The lowest BCUT2D eigenvalue weighted by molar-refractivity contribution is 0.194. The second kappa shape index (κ2) is 3.45. The van der Waals surface area contributed by atoms with E-state index < -0.39 is 6.10 Å². The lowest BCUT2D eigenvalue weighted by Crippen LogP contribution is -2.03.